The molecule has 1 aliphatic rings. The number of benzene rings is 2. The van der Waals surface area contributed by atoms with Crippen LogP contribution in [0.25, 0.3) is 11.8 Å². The van der Waals surface area contributed by atoms with Crippen LogP contribution >= 0.6 is 28.1 Å². The minimum atomic E-state index is -0.676. The van der Waals surface area contributed by atoms with Crippen LogP contribution in [-0.2, 0) is 9.59 Å². The molecule has 0 saturated carbocycles. The Kier molecular flexibility index (Phi) is 5.60. The van der Waals surface area contributed by atoms with E-state index in [0.717, 1.165) is 26.4 Å². The first-order valence-electron chi connectivity index (χ1n) is 9.39. The molecule has 1 aliphatic heterocycles. The van der Waals surface area contributed by atoms with Gasteiger partial charge in [0.2, 0.25) is 0 Å². The third kappa shape index (κ3) is 3.73. The third-order valence-electron chi connectivity index (χ3n) is 5.06. The lowest BCUT2D eigenvalue weighted by Gasteiger charge is -2.29. The Bertz CT molecular complexity index is 1280. The quantitative estimate of drug-likeness (QED) is 0.320. The highest BCUT2D eigenvalue weighted by molar-refractivity contribution is 9.10. The standard InChI is InChI=1S/C23H17BrFN3O2S/c1-13-11-15(14(2)27(13)19-9-5-3-7-17(19)24)12-16-21(29)26-23(31)28(22(16)30)20-10-6-4-8-18(20)25/h3-12H,1-2H3,(H,26,29,31)/b16-12+. The Morgan fingerprint density at radius 3 is 2.35 bits per heavy atom. The summed E-state index contributed by atoms with van der Waals surface area (Å²) < 4.78 is 17.3. The van der Waals surface area contributed by atoms with Gasteiger partial charge in [-0.05, 0) is 84.0 Å². The van der Waals surface area contributed by atoms with Crippen molar-refractivity contribution in [1.82, 2.24) is 9.88 Å². The molecule has 0 radical (unpaired) electrons. The summed E-state index contributed by atoms with van der Waals surface area (Å²) in [6.45, 7) is 3.85. The van der Waals surface area contributed by atoms with Gasteiger partial charge in [-0.25, -0.2) is 9.29 Å². The van der Waals surface area contributed by atoms with E-state index in [-0.39, 0.29) is 16.4 Å². The lowest BCUT2D eigenvalue weighted by molar-refractivity contribution is -0.122. The Morgan fingerprint density at radius 1 is 1.03 bits per heavy atom. The van der Waals surface area contributed by atoms with Crippen molar-refractivity contribution < 1.29 is 14.0 Å². The molecule has 0 unspecified atom stereocenters. The van der Waals surface area contributed by atoms with Crippen molar-refractivity contribution >= 4 is 56.8 Å². The number of rotatable bonds is 3. The van der Waals surface area contributed by atoms with Crippen LogP contribution < -0.4 is 10.2 Å². The normalized spacial score (nSPS) is 15.5. The molecule has 0 spiro atoms. The van der Waals surface area contributed by atoms with E-state index in [4.69, 9.17) is 12.2 Å². The number of thiocarbonyl (C=S) groups is 1. The fourth-order valence-electron chi connectivity index (χ4n) is 3.60. The van der Waals surface area contributed by atoms with Crippen molar-refractivity contribution in [3.8, 4) is 5.69 Å². The van der Waals surface area contributed by atoms with Gasteiger partial charge in [0.1, 0.15) is 11.4 Å². The number of nitrogens with one attached hydrogen (secondary N) is 1. The summed E-state index contributed by atoms with van der Waals surface area (Å²) in [4.78, 5) is 26.7. The molecule has 1 N–H and O–H groups in total. The van der Waals surface area contributed by atoms with Crippen molar-refractivity contribution in [3.63, 3.8) is 0 Å². The average Bonchev–Trinajstić information content (AvgIpc) is 3.00. The molecule has 0 bridgehead atoms. The topological polar surface area (TPSA) is 54.3 Å². The number of nitrogens with zero attached hydrogens (tertiary/aromatic N) is 2. The number of para-hydroxylation sites is 2. The van der Waals surface area contributed by atoms with E-state index in [1.54, 1.807) is 6.07 Å². The summed E-state index contributed by atoms with van der Waals surface area (Å²) in [5.74, 6) is -1.90. The first kappa shape index (κ1) is 21.1. The fourth-order valence-corrected chi connectivity index (χ4v) is 4.34. The number of carbonyl (C=O) groups is 2. The number of aromatic nitrogens is 1. The van der Waals surface area contributed by atoms with Crippen LogP contribution in [-0.4, -0.2) is 21.5 Å². The zero-order chi connectivity index (χ0) is 22.3. The average molecular weight is 498 g/mol. The van der Waals surface area contributed by atoms with Gasteiger partial charge in [0, 0.05) is 15.9 Å². The van der Waals surface area contributed by atoms with E-state index >= 15 is 0 Å². The molecule has 2 aromatic carbocycles. The SMILES string of the molecule is Cc1cc(/C=C2\C(=O)NC(=S)N(c3ccccc3F)C2=O)c(C)n1-c1ccccc1Br. The molecule has 1 fully saturated rings. The highest BCUT2D eigenvalue weighted by atomic mass is 79.9. The van der Waals surface area contributed by atoms with Crippen molar-refractivity contribution in [2.24, 2.45) is 0 Å². The second-order valence-electron chi connectivity index (χ2n) is 7.02. The zero-order valence-corrected chi connectivity index (χ0v) is 19.1. The number of amides is 2. The van der Waals surface area contributed by atoms with E-state index in [1.807, 2.05) is 48.7 Å². The first-order valence-corrected chi connectivity index (χ1v) is 10.6. The molecule has 1 saturated heterocycles. The summed E-state index contributed by atoms with van der Waals surface area (Å²) >= 11 is 8.70. The lowest BCUT2D eigenvalue weighted by Crippen LogP contribution is -2.54. The van der Waals surface area contributed by atoms with Gasteiger partial charge in [0.05, 0.1) is 11.4 Å². The van der Waals surface area contributed by atoms with E-state index in [0.29, 0.717) is 5.56 Å². The number of aryl methyl sites for hydroxylation is 1. The molecule has 156 valence electrons. The maximum Gasteiger partial charge on any atom is 0.270 e. The Balaban J connectivity index is 1.80. The van der Waals surface area contributed by atoms with Crippen LogP contribution in [0.15, 0.2) is 64.6 Å². The maximum atomic E-state index is 14.3. The second-order valence-corrected chi connectivity index (χ2v) is 8.26. The van der Waals surface area contributed by atoms with E-state index in [1.165, 1.54) is 24.3 Å². The van der Waals surface area contributed by atoms with Crippen LogP contribution in [0.3, 0.4) is 0 Å². The van der Waals surface area contributed by atoms with Gasteiger partial charge in [-0.2, -0.15) is 0 Å². The molecule has 8 heteroatoms. The van der Waals surface area contributed by atoms with Gasteiger partial charge in [0.25, 0.3) is 11.8 Å². The summed E-state index contributed by atoms with van der Waals surface area (Å²) in [5, 5.41) is 2.33. The van der Waals surface area contributed by atoms with Crippen LogP contribution in [0.2, 0.25) is 0 Å². The molecule has 3 aromatic rings. The lowest BCUT2D eigenvalue weighted by atomic mass is 10.1. The van der Waals surface area contributed by atoms with Crippen molar-refractivity contribution in [1.29, 1.82) is 0 Å². The second kappa shape index (κ2) is 8.20. The van der Waals surface area contributed by atoms with Crippen LogP contribution in [0.1, 0.15) is 17.0 Å². The van der Waals surface area contributed by atoms with E-state index in [9.17, 15) is 14.0 Å². The van der Waals surface area contributed by atoms with Gasteiger partial charge < -0.3 is 4.57 Å². The molecule has 4 rings (SSSR count). The Labute approximate surface area is 192 Å². The fraction of sp³-hybridized carbons (Fsp3) is 0.0870. The minimum absolute atomic E-state index is 0.0120. The maximum absolute atomic E-state index is 14.3. The highest BCUT2D eigenvalue weighted by Gasteiger charge is 2.35. The van der Waals surface area contributed by atoms with Crippen molar-refractivity contribution in [3.05, 3.63) is 87.4 Å². The van der Waals surface area contributed by atoms with Crippen LogP contribution in [0, 0.1) is 19.7 Å². The summed E-state index contributed by atoms with van der Waals surface area (Å²) in [7, 11) is 0. The molecule has 31 heavy (non-hydrogen) atoms. The number of hydrogen-bond donors (Lipinski definition) is 1. The van der Waals surface area contributed by atoms with Gasteiger partial charge >= 0.3 is 0 Å². The predicted molar refractivity (Wildman–Crippen MR) is 126 cm³/mol. The zero-order valence-electron chi connectivity index (χ0n) is 16.6. The first-order chi connectivity index (χ1) is 14.8. The van der Waals surface area contributed by atoms with Gasteiger partial charge in [-0.15, -0.1) is 0 Å². The summed E-state index contributed by atoms with van der Waals surface area (Å²) in [5.41, 5.74) is 3.29. The molecule has 1 aromatic heterocycles. The smallest absolute Gasteiger partial charge is 0.270 e. The number of halogens is 2. The van der Waals surface area contributed by atoms with E-state index < -0.39 is 17.6 Å². The van der Waals surface area contributed by atoms with Gasteiger partial charge in [0.15, 0.2) is 5.11 Å². The van der Waals surface area contributed by atoms with Gasteiger partial charge in [-0.1, -0.05) is 24.3 Å². The molecule has 5 nitrogen and oxygen atoms in total. The molecular weight excluding hydrogens is 481 g/mol. The Hall–Kier alpha value is -3.10. The molecular formula is C23H17BrFN3O2S. The monoisotopic (exact) mass is 497 g/mol. The van der Waals surface area contributed by atoms with Gasteiger partial charge in [-0.3, -0.25) is 14.9 Å². The van der Waals surface area contributed by atoms with Crippen molar-refractivity contribution in [2.75, 3.05) is 4.90 Å². The van der Waals surface area contributed by atoms with Crippen LogP contribution in [0.4, 0.5) is 10.1 Å². The minimum Gasteiger partial charge on any atom is -0.317 e. The molecule has 2 heterocycles. The molecule has 0 atom stereocenters. The molecule has 0 aliphatic carbocycles. The highest BCUT2D eigenvalue weighted by Crippen LogP contribution is 2.29. The Morgan fingerprint density at radius 2 is 1.68 bits per heavy atom. The van der Waals surface area contributed by atoms with Crippen LogP contribution in [0.5, 0.6) is 0 Å². The number of anilines is 1. The van der Waals surface area contributed by atoms with Crippen molar-refractivity contribution in [2.45, 2.75) is 13.8 Å². The predicted octanol–water partition coefficient (Wildman–Crippen LogP) is 4.83. The third-order valence-corrected chi connectivity index (χ3v) is 6.01. The number of hydrogen-bond acceptors (Lipinski definition) is 3. The van der Waals surface area contributed by atoms with E-state index in [2.05, 4.69) is 21.2 Å². The summed E-state index contributed by atoms with van der Waals surface area (Å²) in [6, 6.07) is 15.4. The number of carbonyl (C=O) groups excluding carboxylic acids is 2. The molecule has 2 amide bonds. The largest absolute Gasteiger partial charge is 0.317 e. The summed E-state index contributed by atoms with van der Waals surface area (Å²) in [6.07, 6.45) is 1.52.